The molecule has 8 nitrogen and oxygen atoms in total. The van der Waals surface area contributed by atoms with Gasteiger partial charge in [-0.05, 0) is 73.8 Å². The summed E-state index contributed by atoms with van der Waals surface area (Å²) in [5, 5.41) is 4.46. The van der Waals surface area contributed by atoms with Crippen molar-refractivity contribution in [3.8, 4) is 11.4 Å². The molecular weight excluding hydrogens is 512 g/mol. The highest BCUT2D eigenvalue weighted by Crippen LogP contribution is 2.21. The molecule has 0 radical (unpaired) electrons. The van der Waals surface area contributed by atoms with Gasteiger partial charge in [0.1, 0.15) is 18.7 Å². The number of likely N-dealkylation sites (tertiary alicyclic amines) is 1. The molecule has 2 saturated heterocycles. The fourth-order valence-electron chi connectivity index (χ4n) is 5.92. The first-order valence-corrected chi connectivity index (χ1v) is 14.9. The van der Waals surface area contributed by atoms with Crippen molar-refractivity contribution in [2.75, 3.05) is 57.3 Å². The number of nitrogens with zero attached hydrogens (tertiary/aromatic N) is 6. The van der Waals surface area contributed by atoms with Crippen LogP contribution in [-0.4, -0.2) is 76.6 Å². The zero-order valence-electron chi connectivity index (χ0n) is 23.7. The zero-order chi connectivity index (χ0) is 27.9. The number of piperidine rings is 1. The minimum atomic E-state index is -0.0639. The minimum Gasteiger partial charge on any atom is -0.492 e. The third-order valence-electron chi connectivity index (χ3n) is 8.41. The first-order valence-electron chi connectivity index (χ1n) is 14.9. The van der Waals surface area contributed by atoms with Crippen molar-refractivity contribution in [2.45, 2.75) is 25.9 Å². The van der Waals surface area contributed by atoms with Crippen molar-refractivity contribution < 1.29 is 4.74 Å². The molecule has 4 aromatic rings. The van der Waals surface area contributed by atoms with Crippen LogP contribution in [0.25, 0.3) is 5.69 Å². The fraction of sp³-hybridized carbons (Fsp3) is 0.394. The molecule has 0 amide bonds. The molecule has 0 unspecified atom stereocenters. The van der Waals surface area contributed by atoms with E-state index in [0.717, 1.165) is 76.6 Å². The number of aromatic nitrogens is 3. The van der Waals surface area contributed by atoms with Gasteiger partial charge in [-0.3, -0.25) is 9.80 Å². The standard InChI is InChI=1S/C33H40N6O2/c40-33-38(27-34-39(33)26-29-15-17-35(18-16-29)23-24-41-32-9-5-2-6-10-32)31-13-11-30(12-14-31)37-21-19-36(20-22-37)25-28-7-3-1-4-8-28/h1-14,27,29H,15-26H2. The lowest BCUT2D eigenvalue weighted by atomic mass is 9.97. The Bertz CT molecular complexity index is 1400. The topological polar surface area (TPSA) is 58.8 Å². The first kappa shape index (κ1) is 27.3. The largest absolute Gasteiger partial charge is 0.492 e. The molecule has 0 N–H and O–H groups in total. The summed E-state index contributed by atoms with van der Waals surface area (Å²) in [5.41, 5.74) is 3.37. The number of piperazine rings is 1. The summed E-state index contributed by atoms with van der Waals surface area (Å²) in [6.07, 6.45) is 3.80. The Morgan fingerprint density at radius 2 is 1.39 bits per heavy atom. The predicted octanol–water partition coefficient (Wildman–Crippen LogP) is 4.15. The van der Waals surface area contributed by atoms with E-state index < -0.39 is 0 Å². The molecule has 6 rings (SSSR count). The molecule has 0 saturated carbocycles. The Balaban J connectivity index is 0.964. The van der Waals surface area contributed by atoms with Crippen molar-refractivity contribution >= 4 is 5.69 Å². The van der Waals surface area contributed by atoms with E-state index >= 15 is 0 Å². The second-order valence-electron chi connectivity index (χ2n) is 11.2. The molecule has 0 atom stereocenters. The zero-order valence-corrected chi connectivity index (χ0v) is 23.7. The second-order valence-corrected chi connectivity index (χ2v) is 11.2. The van der Waals surface area contributed by atoms with Gasteiger partial charge in [-0.15, -0.1) is 0 Å². The minimum absolute atomic E-state index is 0.0639. The van der Waals surface area contributed by atoms with Crippen LogP contribution in [-0.2, 0) is 13.1 Å². The van der Waals surface area contributed by atoms with E-state index in [4.69, 9.17) is 4.74 Å². The third-order valence-corrected chi connectivity index (χ3v) is 8.41. The van der Waals surface area contributed by atoms with Crippen LogP contribution >= 0.6 is 0 Å². The summed E-state index contributed by atoms with van der Waals surface area (Å²) >= 11 is 0. The van der Waals surface area contributed by atoms with Gasteiger partial charge in [0.2, 0.25) is 0 Å². The Hall–Kier alpha value is -3.88. The summed E-state index contributed by atoms with van der Waals surface area (Å²) < 4.78 is 9.16. The van der Waals surface area contributed by atoms with Gasteiger partial charge in [0.15, 0.2) is 0 Å². The van der Waals surface area contributed by atoms with E-state index in [1.807, 2.05) is 42.5 Å². The highest BCUT2D eigenvalue weighted by molar-refractivity contribution is 5.51. The summed E-state index contributed by atoms with van der Waals surface area (Å²) in [5.74, 6) is 1.38. The van der Waals surface area contributed by atoms with Crippen molar-refractivity contribution in [3.63, 3.8) is 0 Å². The van der Waals surface area contributed by atoms with Gasteiger partial charge in [-0.1, -0.05) is 48.5 Å². The number of ether oxygens (including phenoxy) is 1. The predicted molar refractivity (Wildman–Crippen MR) is 163 cm³/mol. The summed E-state index contributed by atoms with van der Waals surface area (Å²) in [7, 11) is 0. The maximum Gasteiger partial charge on any atom is 0.350 e. The van der Waals surface area contributed by atoms with Crippen LogP contribution < -0.4 is 15.3 Å². The highest BCUT2D eigenvalue weighted by Gasteiger charge is 2.22. The molecule has 8 heteroatoms. The molecule has 41 heavy (non-hydrogen) atoms. The van der Waals surface area contributed by atoms with Crippen LogP contribution in [0, 0.1) is 5.92 Å². The van der Waals surface area contributed by atoms with E-state index in [9.17, 15) is 4.79 Å². The third kappa shape index (κ3) is 7.07. The average Bonchev–Trinajstić information content (AvgIpc) is 3.39. The number of rotatable bonds is 10. The Kier molecular flexibility index (Phi) is 8.78. The summed E-state index contributed by atoms with van der Waals surface area (Å²) in [6, 6.07) is 29.0. The van der Waals surface area contributed by atoms with Crippen LogP contribution in [0.5, 0.6) is 5.75 Å². The highest BCUT2D eigenvalue weighted by atomic mass is 16.5. The molecule has 0 aliphatic carbocycles. The maximum atomic E-state index is 13.2. The van der Waals surface area contributed by atoms with E-state index in [0.29, 0.717) is 19.1 Å². The van der Waals surface area contributed by atoms with Crippen molar-refractivity contribution in [1.29, 1.82) is 0 Å². The Morgan fingerprint density at radius 3 is 2.10 bits per heavy atom. The lowest BCUT2D eigenvalue weighted by molar-refractivity contribution is 0.145. The van der Waals surface area contributed by atoms with Crippen LogP contribution in [0.2, 0.25) is 0 Å². The van der Waals surface area contributed by atoms with Crippen LogP contribution in [0.15, 0.2) is 96.1 Å². The lowest BCUT2D eigenvalue weighted by Crippen LogP contribution is -2.45. The van der Waals surface area contributed by atoms with Gasteiger partial charge in [0.25, 0.3) is 0 Å². The van der Waals surface area contributed by atoms with Gasteiger partial charge < -0.3 is 9.64 Å². The van der Waals surface area contributed by atoms with E-state index in [-0.39, 0.29) is 5.69 Å². The number of hydrogen-bond donors (Lipinski definition) is 0. The van der Waals surface area contributed by atoms with E-state index in [2.05, 4.69) is 62.3 Å². The van der Waals surface area contributed by atoms with Gasteiger partial charge in [-0.2, -0.15) is 5.10 Å². The average molecular weight is 553 g/mol. The van der Waals surface area contributed by atoms with E-state index in [1.54, 1.807) is 15.6 Å². The SMILES string of the molecule is O=c1n(-c2ccc(N3CCN(Cc4ccccc4)CC3)cc2)cnn1CC1CCN(CCOc2ccccc2)CC1. The smallest absolute Gasteiger partial charge is 0.350 e. The molecule has 2 fully saturated rings. The molecule has 0 bridgehead atoms. The fourth-order valence-corrected chi connectivity index (χ4v) is 5.92. The monoisotopic (exact) mass is 552 g/mol. The first-order chi connectivity index (χ1) is 20.2. The summed E-state index contributed by atoms with van der Waals surface area (Å²) in [6.45, 7) is 9.45. The Labute approximate surface area is 242 Å². The van der Waals surface area contributed by atoms with Crippen LogP contribution in [0.1, 0.15) is 18.4 Å². The van der Waals surface area contributed by atoms with Crippen molar-refractivity contribution in [3.05, 3.63) is 107 Å². The van der Waals surface area contributed by atoms with Crippen LogP contribution in [0.3, 0.4) is 0 Å². The van der Waals surface area contributed by atoms with Crippen molar-refractivity contribution in [1.82, 2.24) is 24.1 Å². The molecule has 3 heterocycles. The maximum absolute atomic E-state index is 13.2. The van der Waals surface area contributed by atoms with Crippen molar-refractivity contribution in [2.24, 2.45) is 5.92 Å². The molecule has 3 aromatic carbocycles. The molecule has 214 valence electrons. The molecule has 2 aliphatic rings. The number of anilines is 1. The molecule has 2 aliphatic heterocycles. The summed E-state index contributed by atoms with van der Waals surface area (Å²) in [4.78, 5) is 20.6. The number of benzene rings is 3. The Morgan fingerprint density at radius 1 is 0.732 bits per heavy atom. The second kappa shape index (κ2) is 13.2. The number of para-hydroxylation sites is 1. The van der Waals surface area contributed by atoms with Crippen LogP contribution in [0.4, 0.5) is 5.69 Å². The number of hydrogen-bond acceptors (Lipinski definition) is 6. The normalized spacial score (nSPS) is 17.1. The lowest BCUT2D eigenvalue weighted by Gasteiger charge is -2.36. The molecule has 1 aromatic heterocycles. The van der Waals surface area contributed by atoms with Gasteiger partial charge >= 0.3 is 5.69 Å². The molecular formula is C33H40N6O2. The van der Waals surface area contributed by atoms with Gasteiger partial charge in [0.05, 0.1) is 5.69 Å². The molecule has 0 spiro atoms. The van der Waals surface area contributed by atoms with E-state index in [1.165, 1.54) is 11.3 Å². The van der Waals surface area contributed by atoms with Gasteiger partial charge in [-0.25, -0.2) is 14.0 Å². The quantitative estimate of drug-likeness (QED) is 0.295. The van der Waals surface area contributed by atoms with Gasteiger partial charge in [0, 0.05) is 51.5 Å².